The number of nitrogens with one attached hydrogen (secondary N) is 2. The van der Waals surface area contributed by atoms with Crippen molar-refractivity contribution in [2.24, 2.45) is 0 Å². The van der Waals surface area contributed by atoms with Crippen LogP contribution in [0.4, 0.5) is 4.79 Å². The van der Waals surface area contributed by atoms with E-state index in [2.05, 4.69) is 17.6 Å². The van der Waals surface area contributed by atoms with Crippen LogP contribution in [-0.4, -0.2) is 28.7 Å². The Morgan fingerprint density at radius 3 is 2.39 bits per heavy atom. The average Bonchev–Trinajstić information content (AvgIpc) is 2.29. The molecular weight excluding hydrogens is 232 g/mol. The largest absolute Gasteiger partial charge is 0.480 e. The molecule has 1 aliphatic carbocycles. The lowest BCUT2D eigenvalue weighted by Gasteiger charge is -2.34. The average molecular weight is 256 g/mol. The lowest BCUT2D eigenvalue weighted by atomic mass is 9.82. The molecule has 18 heavy (non-hydrogen) atoms. The molecule has 1 saturated carbocycles. The van der Waals surface area contributed by atoms with Crippen molar-refractivity contribution in [3.05, 3.63) is 0 Å². The molecule has 3 N–H and O–H groups in total. The monoisotopic (exact) mass is 256 g/mol. The van der Waals surface area contributed by atoms with Gasteiger partial charge in [-0.2, -0.15) is 0 Å². The van der Waals surface area contributed by atoms with E-state index in [-0.39, 0.29) is 12.1 Å². The number of aliphatic carboxylic acids is 1. The fourth-order valence-electron chi connectivity index (χ4n) is 2.53. The first-order chi connectivity index (χ1) is 8.50. The molecule has 5 nitrogen and oxygen atoms in total. The first-order valence-corrected chi connectivity index (χ1v) is 6.82. The summed E-state index contributed by atoms with van der Waals surface area (Å²) in [4.78, 5) is 23.2. The number of amides is 2. The molecule has 1 rings (SSSR count). The number of rotatable bonds is 5. The summed E-state index contributed by atoms with van der Waals surface area (Å²) in [6, 6.07) is -0.287. The molecule has 104 valence electrons. The Bertz CT molecular complexity index is 299. The number of carboxylic acids is 1. The molecule has 5 heteroatoms. The summed E-state index contributed by atoms with van der Waals surface area (Å²) in [7, 11) is 0. The fraction of sp³-hybridized carbons (Fsp3) is 0.846. The van der Waals surface area contributed by atoms with Gasteiger partial charge in [-0.25, -0.2) is 9.59 Å². The number of urea groups is 1. The highest BCUT2D eigenvalue weighted by atomic mass is 16.4. The molecule has 2 amide bonds. The SMILES string of the molecule is CCCC(C)NC(=O)NC1(C(=O)O)CCCCC1. The summed E-state index contributed by atoms with van der Waals surface area (Å²) in [5.41, 5.74) is -1.06. The number of carbonyl (C=O) groups is 2. The summed E-state index contributed by atoms with van der Waals surface area (Å²) in [5, 5.41) is 14.8. The number of hydrogen-bond donors (Lipinski definition) is 3. The maximum atomic E-state index is 11.8. The Balaban J connectivity index is 2.55. The molecule has 0 aliphatic heterocycles. The van der Waals surface area contributed by atoms with Gasteiger partial charge in [-0.3, -0.25) is 0 Å². The maximum Gasteiger partial charge on any atom is 0.329 e. The van der Waals surface area contributed by atoms with E-state index in [0.717, 1.165) is 32.1 Å². The van der Waals surface area contributed by atoms with E-state index < -0.39 is 11.5 Å². The predicted octanol–water partition coefficient (Wildman–Crippen LogP) is 2.26. The van der Waals surface area contributed by atoms with Crippen molar-refractivity contribution in [1.82, 2.24) is 10.6 Å². The fourth-order valence-corrected chi connectivity index (χ4v) is 2.53. The van der Waals surface area contributed by atoms with E-state index in [1.54, 1.807) is 0 Å². The molecule has 1 unspecified atom stereocenters. The van der Waals surface area contributed by atoms with Gasteiger partial charge < -0.3 is 15.7 Å². The van der Waals surface area contributed by atoms with Crippen LogP contribution in [0.5, 0.6) is 0 Å². The number of hydrogen-bond acceptors (Lipinski definition) is 2. The highest BCUT2D eigenvalue weighted by Crippen LogP contribution is 2.28. The Labute approximate surface area is 108 Å². The Morgan fingerprint density at radius 1 is 1.28 bits per heavy atom. The van der Waals surface area contributed by atoms with Crippen molar-refractivity contribution in [2.45, 2.75) is 70.4 Å². The van der Waals surface area contributed by atoms with Crippen LogP contribution >= 0.6 is 0 Å². The van der Waals surface area contributed by atoms with Crippen LogP contribution in [0.1, 0.15) is 58.8 Å². The third-order valence-corrected chi connectivity index (χ3v) is 3.57. The van der Waals surface area contributed by atoms with Crippen molar-refractivity contribution in [2.75, 3.05) is 0 Å². The van der Waals surface area contributed by atoms with E-state index >= 15 is 0 Å². The third kappa shape index (κ3) is 3.89. The van der Waals surface area contributed by atoms with Crippen LogP contribution in [0, 0.1) is 0 Å². The quantitative estimate of drug-likeness (QED) is 0.706. The van der Waals surface area contributed by atoms with E-state index in [9.17, 15) is 14.7 Å². The van der Waals surface area contributed by atoms with Gasteiger partial charge in [0.15, 0.2) is 0 Å². The van der Waals surface area contributed by atoms with Crippen LogP contribution in [0.2, 0.25) is 0 Å². The Kier molecular flexibility index (Phi) is 5.44. The zero-order chi connectivity index (χ0) is 13.6. The van der Waals surface area contributed by atoms with Crippen molar-refractivity contribution in [3.63, 3.8) is 0 Å². The van der Waals surface area contributed by atoms with Crippen LogP contribution in [0.15, 0.2) is 0 Å². The molecule has 0 heterocycles. The first-order valence-electron chi connectivity index (χ1n) is 6.82. The van der Waals surface area contributed by atoms with E-state index in [1.807, 2.05) is 6.92 Å². The van der Waals surface area contributed by atoms with Crippen molar-refractivity contribution in [3.8, 4) is 0 Å². The van der Waals surface area contributed by atoms with Gasteiger partial charge in [0.2, 0.25) is 0 Å². The molecule has 0 aromatic heterocycles. The van der Waals surface area contributed by atoms with Crippen LogP contribution < -0.4 is 10.6 Å². The summed E-state index contributed by atoms with van der Waals surface area (Å²) in [6.07, 6.45) is 5.70. The summed E-state index contributed by atoms with van der Waals surface area (Å²) >= 11 is 0. The second-order valence-corrected chi connectivity index (χ2v) is 5.24. The van der Waals surface area contributed by atoms with Gasteiger partial charge in [0, 0.05) is 6.04 Å². The molecular formula is C13H24N2O3. The molecule has 1 aliphatic rings. The summed E-state index contributed by atoms with van der Waals surface area (Å²) in [5.74, 6) is -0.916. The van der Waals surface area contributed by atoms with Gasteiger partial charge in [0.25, 0.3) is 0 Å². The van der Waals surface area contributed by atoms with Gasteiger partial charge >= 0.3 is 12.0 Å². The van der Waals surface area contributed by atoms with Gasteiger partial charge in [0.05, 0.1) is 0 Å². The zero-order valence-electron chi connectivity index (χ0n) is 11.3. The standard InChI is InChI=1S/C13H24N2O3/c1-3-7-10(2)14-12(18)15-13(11(16)17)8-5-4-6-9-13/h10H,3-9H2,1-2H3,(H,16,17)(H2,14,15,18). The molecule has 0 aromatic carbocycles. The second-order valence-electron chi connectivity index (χ2n) is 5.24. The Morgan fingerprint density at radius 2 is 1.89 bits per heavy atom. The van der Waals surface area contributed by atoms with E-state index in [4.69, 9.17) is 0 Å². The highest BCUT2D eigenvalue weighted by molar-refractivity contribution is 5.86. The zero-order valence-corrected chi connectivity index (χ0v) is 11.3. The van der Waals surface area contributed by atoms with Gasteiger partial charge in [-0.15, -0.1) is 0 Å². The topological polar surface area (TPSA) is 78.4 Å². The predicted molar refractivity (Wildman–Crippen MR) is 69.5 cm³/mol. The Hall–Kier alpha value is -1.26. The minimum Gasteiger partial charge on any atom is -0.480 e. The van der Waals surface area contributed by atoms with E-state index in [1.165, 1.54) is 0 Å². The normalized spacial score (nSPS) is 19.9. The molecule has 0 radical (unpaired) electrons. The van der Waals surface area contributed by atoms with Crippen molar-refractivity contribution < 1.29 is 14.7 Å². The second kappa shape index (κ2) is 6.61. The van der Waals surface area contributed by atoms with Crippen molar-refractivity contribution >= 4 is 12.0 Å². The number of carboxylic acid groups (broad SMARTS) is 1. The molecule has 1 fully saturated rings. The van der Waals surface area contributed by atoms with Gasteiger partial charge in [-0.05, 0) is 26.2 Å². The van der Waals surface area contributed by atoms with Gasteiger partial charge in [0.1, 0.15) is 5.54 Å². The van der Waals surface area contributed by atoms with Crippen LogP contribution in [-0.2, 0) is 4.79 Å². The van der Waals surface area contributed by atoms with Crippen molar-refractivity contribution in [1.29, 1.82) is 0 Å². The highest BCUT2D eigenvalue weighted by Gasteiger charge is 2.41. The molecule has 0 saturated heterocycles. The molecule has 0 aromatic rings. The minimum atomic E-state index is -1.06. The summed E-state index contributed by atoms with van der Waals surface area (Å²) in [6.45, 7) is 3.98. The first kappa shape index (κ1) is 14.8. The van der Waals surface area contributed by atoms with E-state index in [0.29, 0.717) is 12.8 Å². The number of carbonyl (C=O) groups excluding carboxylic acids is 1. The smallest absolute Gasteiger partial charge is 0.329 e. The van der Waals surface area contributed by atoms with Crippen LogP contribution in [0.3, 0.4) is 0 Å². The third-order valence-electron chi connectivity index (χ3n) is 3.57. The lowest BCUT2D eigenvalue weighted by Crippen LogP contribution is -2.58. The lowest BCUT2D eigenvalue weighted by molar-refractivity contribution is -0.145. The molecule has 0 spiro atoms. The maximum absolute atomic E-state index is 11.8. The summed E-state index contributed by atoms with van der Waals surface area (Å²) < 4.78 is 0. The molecule has 0 bridgehead atoms. The molecule has 1 atom stereocenters. The van der Waals surface area contributed by atoms with Crippen LogP contribution in [0.25, 0.3) is 0 Å². The van der Waals surface area contributed by atoms with Gasteiger partial charge in [-0.1, -0.05) is 32.6 Å². The minimum absolute atomic E-state index is 0.0736.